The molecule has 33 heavy (non-hydrogen) atoms. The van der Waals surface area contributed by atoms with Crippen LogP contribution in [0.25, 0.3) is 22.3 Å². The Morgan fingerprint density at radius 2 is 1.79 bits per heavy atom. The molecule has 0 bridgehead atoms. The Morgan fingerprint density at radius 1 is 1.06 bits per heavy atom. The van der Waals surface area contributed by atoms with Gasteiger partial charge in [0.25, 0.3) is 0 Å². The summed E-state index contributed by atoms with van der Waals surface area (Å²) in [6.07, 6.45) is 0. The number of hydrogen-bond donors (Lipinski definition) is 2. The predicted octanol–water partition coefficient (Wildman–Crippen LogP) is 6.40. The summed E-state index contributed by atoms with van der Waals surface area (Å²) in [5, 5.41) is 13.2. The van der Waals surface area contributed by atoms with Crippen molar-refractivity contribution in [2.24, 2.45) is 0 Å². The summed E-state index contributed by atoms with van der Waals surface area (Å²) < 4.78 is 20.5. The molecule has 0 saturated carbocycles. The number of aryl methyl sites for hydroxylation is 2. The van der Waals surface area contributed by atoms with E-state index in [9.17, 15) is 19.1 Å². The van der Waals surface area contributed by atoms with Crippen LogP contribution in [0.5, 0.6) is 0 Å². The summed E-state index contributed by atoms with van der Waals surface area (Å²) in [6.45, 7) is 7.10. The van der Waals surface area contributed by atoms with Crippen molar-refractivity contribution in [3.05, 3.63) is 98.5 Å². The molecule has 0 aliphatic carbocycles. The maximum Gasteiger partial charge on any atom is 0.337 e. The van der Waals surface area contributed by atoms with E-state index >= 15 is 0 Å². The number of aromatic carboxylic acids is 1. The van der Waals surface area contributed by atoms with Crippen LogP contribution in [-0.4, -0.2) is 11.1 Å². The summed E-state index contributed by atoms with van der Waals surface area (Å²) in [5.41, 5.74) is 3.78. The van der Waals surface area contributed by atoms with Gasteiger partial charge in [-0.15, -0.1) is 0 Å². The van der Waals surface area contributed by atoms with E-state index in [-0.39, 0.29) is 22.9 Å². The number of para-hydroxylation sites is 1. The first-order chi connectivity index (χ1) is 15.7. The molecule has 0 amide bonds. The fourth-order valence-electron chi connectivity index (χ4n) is 4.01. The molecule has 5 nitrogen and oxygen atoms in total. The molecule has 1 aromatic heterocycles. The molecule has 4 aromatic rings. The number of benzene rings is 3. The molecule has 1 atom stereocenters. The van der Waals surface area contributed by atoms with Gasteiger partial charge < -0.3 is 14.8 Å². The van der Waals surface area contributed by atoms with Crippen LogP contribution in [0.1, 0.15) is 45.6 Å². The Labute approximate surface area is 190 Å². The summed E-state index contributed by atoms with van der Waals surface area (Å²) in [6, 6.07) is 14.7. The Bertz CT molecular complexity index is 1450. The van der Waals surface area contributed by atoms with Gasteiger partial charge in [-0.1, -0.05) is 30.3 Å². The molecular formula is C27H24FNO4. The second kappa shape index (κ2) is 8.54. The molecule has 0 fully saturated rings. The fourth-order valence-corrected chi connectivity index (χ4v) is 4.01. The monoisotopic (exact) mass is 445 g/mol. The summed E-state index contributed by atoms with van der Waals surface area (Å²) in [4.78, 5) is 24.9. The third-order valence-electron chi connectivity index (χ3n) is 5.82. The van der Waals surface area contributed by atoms with Gasteiger partial charge in [-0.3, -0.25) is 4.79 Å². The minimum absolute atomic E-state index is 0.148. The van der Waals surface area contributed by atoms with Crippen LogP contribution in [0.15, 0.2) is 63.8 Å². The van der Waals surface area contributed by atoms with Crippen molar-refractivity contribution >= 4 is 22.6 Å². The van der Waals surface area contributed by atoms with Crippen LogP contribution in [0.4, 0.5) is 10.1 Å². The van der Waals surface area contributed by atoms with Crippen LogP contribution < -0.4 is 10.7 Å². The van der Waals surface area contributed by atoms with E-state index in [1.807, 2.05) is 19.9 Å². The highest BCUT2D eigenvalue weighted by molar-refractivity contribution is 5.94. The first-order valence-corrected chi connectivity index (χ1v) is 10.6. The lowest BCUT2D eigenvalue weighted by atomic mass is 9.98. The molecule has 0 saturated heterocycles. The van der Waals surface area contributed by atoms with E-state index < -0.39 is 5.97 Å². The average molecular weight is 445 g/mol. The van der Waals surface area contributed by atoms with Crippen LogP contribution in [0.3, 0.4) is 0 Å². The summed E-state index contributed by atoms with van der Waals surface area (Å²) >= 11 is 0. The van der Waals surface area contributed by atoms with Gasteiger partial charge in [-0.25, -0.2) is 9.18 Å². The number of hydrogen-bond acceptors (Lipinski definition) is 4. The van der Waals surface area contributed by atoms with E-state index in [4.69, 9.17) is 4.42 Å². The second-order valence-electron chi connectivity index (χ2n) is 8.30. The molecule has 1 heterocycles. The summed E-state index contributed by atoms with van der Waals surface area (Å²) in [5.74, 6) is -1.10. The molecule has 6 heteroatoms. The first kappa shape index (κ1) is 22.3. The zero-order valence-corrected chi connectivity index (χ0v) is 18.8. The van der Waals surface area contributed by atoms with E-state index in [0.29, 0.717) is 44.7 Å². The number of halogens is 1. The molecule has 0 aliphatic rings. The van der Waals surface area contributed by atoms with Crippen molar-refractivity contribution in [3.8, 4) is 11.3 Å². The normalized spacial score (nSPS) is 12.0. The number of rotatable bonds is 5. The van der Waals surface area contributed by atoms with E-state index in [1.54, 1.807) is 50.2 Å². The maximum atomic E-state index is 14.2. The lowest BCUT2D eigenvalue weighted by Gasteiger charge is -2.20. The summed E-state index contributed by atoms with van der Waals surface area (Å²) in [7, 11) is 0. The highest BCUT2D eigenvalue weighted by atomic mass is 19.1. The van der Waals surface area contributed by atoms with Crippen molar-refractivity contribution < 1.29 is 18.7 Å². The van der Waals surface area contributed by atoms with Gasteiger partial charge in [0.2, 0.25) is 0 Å². The molecule has 1 unspecified atom stereocenters. The smallest absolute Gasteiger partial charge is 0.337 e. The predicted molar refractivity (Wildman–Crippen MR) is 128 cm³/mol. The molecule has 3 aromatic carbocycles. The zero-order valence-electron chi connectivity index (χ0n) is 18.8. The molecule has 2 N–H and O–H groups in total. The number of carboxylic acids is 1. The fraction of sp³-hybridized carbons (Fsp3) is 0.185. The number of fused-ring (bicyclic) bond motifs is 1. The van der Waals surface area contributed by atoms with Gasteiger partial charge in [-0.2, -0.15) is 0 Å². The third kappa shape index (κ3) is 4.12. The van der Waals surface area contributed by atoms with Crippen molar-refractivity contribution in [3.63, 3.8) is 0 Å². The van der Waals surface area contributed by atoms with Crippen molar-refractivity contribution in [1.29, 1.82) is 0 Å². The topological polar surface area (TPSA) is 79.5 Å². The number of anilines is 1. The van der Waals surface area contributed by atoms with Gasteiger partial charge in [0.15, 0.2) is 5.43 Å². The maximum absolute atomic E-state index is 14.2. The average Bonchev–Trinajstić information content (AvgIpc) is 2.78. The minimum Gasteiger partial charge on any atom is -0.478 e. The Balaban J connectivity index is 1.90. The van der Waals surface area contributed by atoms with Crippen molar-refractivity contribution in [2.45, 2.75) is 33.7 Å². The number of nitrogens with one attached hydrogen (secondary N) is 1. The molecular weight excluding hydrogens is 421 g/mol. The van der Waals surface area contributed by atoms with E-state index in [0.717, 1.165) is 5.56 Å². The van der Waals surface area contributed by atoms with Crippen LogP contribution in [0.2, 0.25) is 0 Å². The van der Waals surface area contributed by atoms with Crippen LogP contribution >= 0.6 is 0 Å². The Morgan fingerprint density at radius 3 is 2.48 bits per heavy atom. The van der Waals surface area contributed by atoms with Gasteiger partial charge in [0.05, 0.1) is 17.0 Å². The molecule has 0 spiro atoms. The number of carbonyl (C=O) groups is 1. The van der Waals surface area contributed by atoms with Crippen molar-refractivity contribution in [1.82, 2.24) is 0 Å². The lowest BCUT2D eigenvalue weighted by molar-refractivity contribution is 0.0698. The van der Waals surface area contributed by atoms with Crippen molar-refractivity contribution in [2.75, 3.05) is 5.32 Å². The SMILES string of the molecule is Cc1cc(C(C)Nc2ccccc2C(=O)O)c2oc(-c3ccc(C)c(F)c3)c(C)c(=O)c2c1. The second-order valence-corrected chi connectivity index (χ2v) is 8.30. The third-order valence-corrected chi connectivity index (χ3v) is 5.82. The van der Waals surface area contributed by atoms with Gasteiger partial charge in [0, 0.05) is 22.4 Å². The van der Waals surface area contributed by atoms with Gasteiger partial charge >= 0.3 is 5.97 Å². The Kier molecular flexibility index (Phi) is 5.77. The van der Waals surface area contributed by atoms with E-state index in [2.05, 4.69) is 5.32 Å². The molecule has 168 valence electrons. The molecule has 0 radical (unpaired) electrons. The largest absolute Gasteiger partial charge is 0.478 e. The first-order valence-electron chi connectivity index (χ1n) is 10.6. The van der Waals surface area contributed by atoms with Gasteiger partial charge in [-0.05, 0) is 63.1 Å². The van der Waals surface area contributed by atoms with Crippen LogP contribution in [-0.2, 0) is 0 Å². The minimum atomic E-state index is -1.04. The highest BCUT2D eigenvalue weighted by Gasteiger charge is 2.20. The lowest BCUT2D eigenvalue weighted by Crippen LogP contribution is -2.14. The Hall–Kier alpha value is -3.93. The van der Waals surface area contributed by atoms with E-state index in [1.165, 1.54) is 12.1 Å². The molecule has 0 aliphatic heterocycles. The number of carboxylic acid groups (broad SMARTS) is 1. The highest BCUT2D eigenvalue weighted by Crippen LogP contribution is 2.33. The standard InChI is InChI=1S/C27H24FNO4/c1-14-11-20(17(4)29-23-8-6-5-7-19(23)27(31)32)26-21(12-14)24(30)16(3)25(33-26)18-10-9-15(2)22(28)13-18/h5-13,17,29H,1-4H3,(H,31,32). The molecule has 4 rings (SSSR count). The van der Waals surface area contributed by atoms with Crippen LogP contribution in [0, 0.1) is 26.6 Å². The van der Waals surface area contributed by atoms with Gasteiger partial charge in [0.1, 0.15) is 17.2 Å². The quantitative estimate of drug-likeness (QED) is 0.372. The zero-order chi connectivity index (χ0) is 23.9.